The molecule has 0 bridgehead atoms. The Kier molecular flexibility index (Phi) is 4.17. The molecule has 0 spiro atoms. The van der Waals surface area contributed by atoms with Crippen LogP contribution in [0, 0.1) is 5.92 Å². The zero-order valence-corrected chi connectivity index (χ0v) is 12.2. The number of carbonyl (C=O) groups is 1. The van der Waals surface area contributed by atoms with Gasteiger partial charge in [-0.2, -0.15) is 0 Å². The van der Waals surface area contributed by atoms with E-state index in [-0.39, 0.29) is 5.91 Å². The summed E-state index contributed by atoms with van der Waals surface area (Å²) in [6.45, 7) is 2.64. The van der Waals surface area contributed by atoms with Gasteiger partial charge in [-0.25, -0.2) is 4.68 Å². The number of halogens is 1. The first kappa shape index (κ1) is 14.0. The van der Waals surface area contributed by atoms with E-state index in [1.165, 1.54) is 4.68 Å². The number of nitrogens with one attached hydrogen (secondary N) is 2. The van der Waals surface area contributed by atoms with Crippen molar-refractivity contribution in [3.8, 4) is 5.69 Å². The summed E-state index contributed by atoms with van der Waals surface area (Å²) in [7, 11) is 0. The fraction of sp³-hybridized carbons (Fsp3) is 0.357. The standard InChI is InChI=1S/C14H16ClN5O/c15-11-2-1-3-12(6-11)20-9-13(18-19-20)14(21)17-8-10-4-5-16-7-10/h1-3,6,9-10,16H,4-5,7-8H2,(H,17,21)/t10-/m0/s1. The quantitative estimate of drug-likeness (QED) is 0.892. The Hall–Kier alpha value is -1.92. The predicted octanol–water partition coefficient (Wildman–Crippen LogP) is 1.26. The third kappa shape index (κ3) is 3.40. The highest BCUT2D eigenvalue weighted by Crippen LogP contribution is 2.14. The highest BCUT2D eigenvalue weighted by atomic mass is 35.5. The molecule has 1 aliphatic heterocycles. The van der Waals surface area contributed by atoms with Gasteiger partial charge in [0, 0.05) is 11.6 Å². The molecule has 0 unspecified atom stereocenters. The summed E-state index contributed by atoms with van der Waals surface area (Å²) in [5, 5.41) is 14.7. The van der Waals surface area contributed by atoms with Crippen molar-refractivity contribution >= 4 is 17.5 Å². The molecule has 110 valence electrons. The van der Waals surface area contributed by atoms with Crippen molar-refractivity contribution in [3.63, 3.8) is 0 Å². The molecule has 0 radical (unpaired) electrons. The first-order valence-corrected chi connectivity index (χ1v) is 7.27. The maximum Gasteiger partial charge on any atom is 0.273 e. The molecule has 1 atom stereocenters. The second-order valence-electron chi connectivity index (χ2n) is 5.10. The number of benzene rings is 1. The maximum atomic E-state index is 12.0. The number of carbonyl (C=O) groups excluding carboxylic acids is 1. The van der Waals surface area contributed by atoms with E-state index in [0.717, 1.165) is 25.2 Å². The number of hydrogen-bond donors (Lipinski definition) is 2. The topological polar surface area (TPSA) is 71.8 Å². The Balaban J connectivity index is 1.65. The smallest absolute Gasteiger partial charge is 0.273 e. The Labute approximate surface area is 127 Å². The van der Waals surface area contributed by atoms with Crippen LogP contribution in [0.25, 0.3) is 5.69 Å². The van der Waals surface area contributed by atoms with Crippen LogP contribution in [0.3, 0.4) is 0 Å². The minimum Gasteiger partial charge on any atom is -0.350 e. The van der Waals surface area contributed by atoms with Gasteiger partial charge in [0.1, 0.15) is 0 Å². The first-order chi connectivity index (χ1) is 10.2. The summed E-state index contributed by atoms with van der Waals surface area (Å²) in [6, 6.07) is 7.23. The van der Waals surface area contributed by atoms with Crippen molar-refractivity contribution in [2.45, 2.75) is 6.42 Å². The van der Waals surface area contributed by atoms with Gasteiger partial charge >= 0.3 is 0 Å². The van der Waals surface area contributed by atoms with Crippen molar-refractivity contribution in [1.82, 2.24) is 25.6 Å². The maximum absolute atomic E-state index is 12.0. The Morgan fingerprint density at radius 1 is 1.52 bits per heavy atom. The Bertz CT molecular complexity index is 636. The van der Waals surface area contributed by atoms with Crippen molar-refractivity contribution < 1.29 is 4.79 Å². The van der Waals surface area contributed by atoms with E-state index in [0.29, 0.717) is 23.2 Å². The van der Waals surface area contributed by atoms with Gasteiger partial charge in [-0.1, -0.05) is 22.9 Å². The third-order valence-corrected chi connectivity index (χ3v) is 3.75. The van der Waals surface area contributed by atoms with Crippen LogP contribution in [-0.2, 0) is 0 Å². The summed E-state index contributed by atoms with van der Waals surface area (Å²) >= 11 is 5.94. The second-order valence-corrected chi connectivity index (χ2v) is 5.53. The van der Waals surface area contributed by atoms with Crippen LogP contribution in [0.5, 0.6) is 0 Å². The molecule has 2 heterocycles. The lowest BCUT2D eigenvalue weighted by molar-refractivity contribution is 0.0943. The molecular formula is C14H16ClN5O. The summed E-state index contributed by atoms with van der Waals surface area (Å²) in [4.78, 5) is 12.0. The van der Waals surface area contributed by atoms with Crippen LogP contribution in [0.1, 0.15) is 16.9 Å². The van der Waals surface area contributed by atoms with Crippen molar-refractivity contribution in [2.75, 3.05) is 19.6 Å². The summed E-state index contributed by atoms with van der Waals surface area (Å²) < 4.78 is 1.54. The van der Waals surface area contributed by atoms with E-state index >= 15 is 0 Å². The van der Waals surface area contributed by atoms with E-state index < -0.39 is 0 Å². The second kappa shape index (κ2) is 6.24. The lowest BCUT2D eigenvalue weighted by atomic mass is 10.1. The molecule has 1 aromatic heterocycles. The molecule has 21 heavy (non-hydrogen) atoms. The zero-order valence-electron chi connectivity index (χ0n) is 11.4. The Morgan fingerprint density at radius 2 is 2.43 bits per heavy atom. The highest BCUT2D eigenvalue weighted by molar-refractivity contribution is 6.30. The van der Waals surface area contributed by atoms with Gasteiger partial charge in [0.2, 0.25) is 0 Å². The molecule has 2 N–H and O–H groups in total. The Morgan fingerprint density at radius 3 is 3.19 bits per heavy atom. The molecule has 1 saturated heterocycles. The van der Waals surface area contributed by atoms with Crippen molar-refractivity contribution in [2.24, 2.45) is 5.92 Å². The molecule has 6 nitrogen and oxygen atoms in total. The van der Waals surface area contributed by atoms with Gasteiger partial charge in [0.15, 0.2) is 5.69 Å². The number of rotatable bonds is 4. The van der Waals surface area contributed by atoms with E-state index in [1.54, 1.807) is 18.3 Å². The van der Waals surface area contributed by atoms with Crippen LogP contribution in [0.15, 0.2) is 30.5 Å². The van der Waals surface area contributed by atoms with Gasteiger partial charge in [-0.3, -0.25) is 4.79 Å². The fourth-order valence-corrected chi connectivity index (χ4v) is 2.51. The lowest BCUT2D eigenvalue weighted by Crippen LogP contribution is -2.30. The van der Waals surface area contributed by atoms with E-state index in [2.05, 4.69) is 20.9 Å². The molecule has 7 heteroatoms. The van der Waals surface area contributed by atoms with E-state index in [1.807, 2.05) is 12.1 Å². The molecule has 1 fully saturated rings. The number of amides is 1. The molecular weight excluding hydrogens is 290 g/mol. The molecule has 1 aliphatic rings. The normalized spacial score (nSPS) is 17.9. The van der Waals surface area contributed by atoms with Gasteiger partial charge < -0.3 is 10.6 Å². The number of hydrogen-bond acceptors (Lipinski definition) is 4. The third-order valence-electron chi connectivity index (χ3n) is 3.51. The number of nitrogens with zero attached hydrogens (tertiary/aromatic N) is 3. The van der Waals surface area contributed by atoms with Crippen LogP contribution in [0.4, 0.5) is 0 Å². The molecule has 3 rings (SSSR count). The van der Waals surface area contributed by atoms with Crippen molar-refractivity contribution in [1.29, 1.82) is 0 Å². The summed E-state index contributed by atoms with van der Waals surface area (Å²) in [6.07, 6.45) is 2.70. The van der Waals surface area contributed by atoms with Crippen LogP contribution >= 0.6 is 11.6 Å². The first-order valence-electron chi connectivity index (χ1n) is 6.89. The van der Waals surface area contributed by atoms with Crippen molar-refractivity contribution in [3.05, 3.63) is 41.2 Å². The van der Waals surface area contributed by atoms with Gasteiger partial charge in [-0.05, 0) is 43.6 Å². The van der Waals surface area contributed by atoms with Crippen LogP contribution in [0.2, 0.25) is 5.02 Å². The zero-order chi connectivity index (χ0) is 14.7. The monoisotopic (exact) mass is 305 g/mol. The molecule has 2 aromatic rings. The molecule has 0 aliphatic carbocycles. The van der Waals surface area contributed by atoms with Crippen LogP contribution < -0.4 is 10.6 Å². The summed E-state index contributed by atoms with van der Waals surface area (Å²) in [5.41, 5.74) is 1.08. The predicted molar refractivity (Wildman–Crippen MR) is 79.7 cm³/mol. The van der Waals surface area contributed by atoms with Gasteiger partial charge in [0.05, 0.1) is 11.9 Å². The van der Waals surface area contributed by atoms with E-state index in [9.17, 15) is 4.79 Å². The highest BCUT2D eigenvalue weighted by Gasteiger charge is 2.17. The van der Waals surface area contributed by atoms with Gasteiger partial charge in [0.25, 0.3) is 5.91 Å². The molecule has 1 amide bonds. The summed E-state index contributed by atoms with van der Waals surface area (Å²) in [5.74, 6) is 0.298. The molecule has 0 saturated carbocycles. The van der Waals surface area contributed by atoms with E-state index in [4.69, 9.17) is 11.6 Å². The largest absolute Gasteiger partial charge is 0.350 e. The van der Waals surface area contributed by atoms with Gasteiger partial charge in [-0.15, -0.1) is 5.10 Å². The SMILES string of the molecule is O=C(NC[C@H]1CCNC1)c1cn(-c2cccc(Cl)c2)nn1. The van der Waals surface area contributed by atoms with Crippen LogP contribution in [-0.4, -0.2) is 40.5 Å². The average Bonchev–Trinajstić information content (AvgIpc) is 3.16. The fourth-order valence-electron chi connectivity index (χ4n) is 2.33. The minimum atomic E-state index is -0.199. The molecule has 1 aromatic carbocycles. The minimum absolute atomic E-state index is 0.199. The number of aromatic nitrogens is 3. The average molecular weight is 306 g/mol. The lowest BCUT2D eigenvalue weighted by Gasteiger charge is -2.08.